The molecule has 3 aromatic carbocycles. The molecule has 0 N–H and O–H groups in total. The highest BCUT2D eigenvalue weighted by atomic mass is 19.1. The van der Waals surface area contributed by atoms with E-state index in [1.165, 1.54) is 12.1 Å². The molecule has 1 aromatic heterocycles. The van der Waals surface area contributed by atoms with Gasteiger partial charge < -0.3 is 14.4 Å². The van der Waals surface area contributed by atoms with Gasteiger partial charge in [-0.2, -0.15) is 0 Å². The zero-order valence-electron chi connectivity index (χ0n) is 21.1. The van der Waals surface area contributed by atoms with Crippen LogP contribution < -0.4 is 19.9 Å². The number of hydrogen-bond donors (Lipinski definition) is 0. The van der Waals surface area contributed by atoms with E-state index in [9.17, 15) is 9.59 Å². The highest BCUT2D eigenvalue weighted by molar-refractivity contribution is 5.96. The summed E-state index contributed by atoms with van der Waals surface area (Å²) in [4.78, 5) is 28.6. The van der Waals surface area contributed by atoms with Gasteiger partial charge in [-0.3, -0.25) is 19.3 Å². The van der Waals surface area contributed by atoms with Crippen molar-refractivity contribution in [3.8, 4) is 11.5 Å². The molecule has 0 fully saturated rings. The summed E-state index contributed by atoms with van der Waals surface area (Å²) in [6.45, 7) is 0.741. The van der Waals surface area contributed by atoms with Gasteiger partial charge in [0.1, 0.15) is 25.9 Å². The van der Waals surface area contributed by atoms with Gasteiger partial charge in [-0.1, -0.05) is 78.9 Å². The molecule has 3 heterocycles. The molecule has 0 unspecified atom stereocenters. The summed E-state index contributed by atoms with van der Waals surface area (Å²) in [6.07, 6.45) is 5.14. The van der Waals surface area contributed by atoms with Crippen LogP contribution in [0.2, 0.25) is 0 Å². The van der Waals surface area contributed by atoms with Crippen LogP contribution in [0, 0.1) is 5.82 Å². The lowest BCUT2D eigenvalue weighted by molar-refractivity contribution is 0.0698. The van der Waals surface area contributed by atoms with Crippen molar-refractivity contribution in [1.82, 2.24) is 9.58 Å². The molecule has 8 heteroatoms. The molecule has 39 heavy (non-hydrogen) atoms. The summed E-state index contributed by atoms with van der Waals surface area (Å²) in [5, 5.41) is 1.93. The number of ether oxygens (including phenoxy) is 2. The van der Waals surface area contributed by atoms with E-state index in [1.807, 2.05) is 71.7 Å². The van der Waals surface area contributed by atoms with Crippen molar-refractivity contribution in [1.29, 1.82) is 0 Å². The van der Waals surface area contributed by atoms with Crippen LogP contribution in [0.4, 0.5) is 4.39 Å². The Balaban J connectivity index is 1.55. The molecule has 2 aliphatic rings. The molecule has 0 radical (unpaired) electrons. The predicted octanol–water partition coefficient (Wildman–Crippen LogP) is 4.66. The average Bonchev–Trinajstić information content (AvgIpc) is 2.99. The number of aromatic nitrogens is 1. The summed E-state index contributed by atoms with van der Waals surface area (Å²) < 4.78 is 28.8. The summed E-state index contributed by atoms with van der Waals surface area (Å²) in [7, 11) is 0. The first-order chi connectivity index (χ1) is 19.1. The van der Waals surface area contributed by atoms with Crippen LogP contribution in [0.15, 0.2) is 108 Å². The third-order valence-corrected chi connectivity index (χ3v) is 6.86. The highest BCUT2D eigenvalue weighted by Crippen LogP contribution is 2.38. The first kappa shape index (κ1) is 24.5. The number of carbonyl (C=O) groups excluding carboxylic acids is 1. The molecule has 0 spiro atoms. The number of amides is 1. The Morgan fingerprint density at radius 1 is 0.897 bits per heavy atom. The van der Waals surface area contributed by atoms with Gasteiger partial charge in [0, 0.05) is 24.4 Å². The number of rotatable bonds is 4. The van der Waals surface area contributed by atoms with Crippen LogP contribution in [-0.4, -0.2) is 35.3 Å². The molecule has 0 saturated carbocycles. The molecule has 6 rings (SSSR count). The van der Waals surface area contributed by atoms with Gasteiger partial charge in [-0.05, 0) is 23.3 Å². The largest absolute Gasteiger partial charge is 0.486 e. The van der Waals surface area contributed by atoms with Gasteiger partial charge in [0.15, 0.2) is 23.0 Å². The van der Waals surface area contributed by atoms with Crippen molar-refractivity contribution in [2.24, 2.45) is 0 Å². The Morgan fingerprint density at radius 3 is 2.46 bits per heavy atom. The molecule has 2 bridgehead atoms. The number of carbonyl (C=O) groups is 1. The molecule has 1 atom stereocenters. The van der Waals surface area contributed by atoms with Crippen molar-refractivity contribution in [2.45, 2.75) is 12.6 Å². The van der Waals surface area contributed by atoms with Gasteiger partial charge in [0.05, 0.1) is 0 Å². The Morgan fingerprint density at radius 2 is 1.67 bits per heavy atom. The van der Waals surface area contributed by atoms with Gasteiger partial charge >= 0.3 is 0 Å². The van der Waals surface area contributed by atoms with Crippen LogP contribution in [0.25, 0.3) is 0 Å². The third kappa shape index (κ3) is 4.65. The number of fused-ring (bicyclic) bond motifs is 5. The molecular formula is C31H26FN3O4. The first-order valence-electron chi connectivity index (χ1n) is 12.7. The maximum absolute atomic E-state index is 15.2. The van der Waals surface area contributed by atoms with E-state index in [-0.39, 0.29) is 49.5 Å². The van der Waals surface area contributed by atoms with Crippen LogP contribution in [-0.2, 0) is 6.61 Å². The maximum Gasteiger partial charge on any atom is 0.278 e. The fourth-order valence-electron chi connectivity index (χ4n) is 5.03. The van der Waals surface area contributed by atoms with E-state index < -0.39 is 17.3 Å². The van der Waals surface area contributed by atoms with E-state index in [1.54, 1.807) is 34.0 Å². The van der Waals surface area contributed by atoms with Crippen molar-refractivity contribution in [3.63, 3.8) is 0 Å². The lowest BCUT2D eigenvalue weighted by atomic mass is 9.96. The summed E-state index contributed by atoms with van der Waals surface area (Å²) in [6, 6.07) is 24.8. The molecule has 7 nitrogen and oxygen atoms in total. The van der Waals surface area contributed by atoms with Crippen LogP contribution in [0.1, 0.15) is 33.2 Å². The normalized spacial score (nSPS) is 17.4. The second-order valence-corrected chi connectivity index (χ2v) is 9.34. The lowest BCUT2D eigenvalue weighted by Crippen LogP contribution is -2.55. The number of para-hydroxylation sites is 1. The number of pyridine rings is 1. The quantitative estimate of drug-likeness (QED) is 0.364. The Labute approximate surface area is 224 Å². The fourth-order valence-corrected chi connectivity index (χ4v) is 5.03. The fraction of sp³-hybridized carbons (Fsp3) is 0.161. The molecule has 196 valence electrons. The average molecular weight is 524 g/mol. The Hall–Kier alpha value is -4.85. The van der Waals surface area contributed by atoms with Crippen molar-refractivity contribution >= 4 is 5.91 Å². The molecule has 0 saturated heterocycles. The van der Waals surface area contributed by atoms with Crippen molar-refractivity contribution in [2.75, 3.05) is 24.8 Å². The smallest absolute Gasteiger partial charge is 0.278 e. The van der Waals surface area contributed by atoms with Crippen molar-refractivity contribution < 1.29 is 18.7 Å². The Bertz CT molecular complexity index is 1590. The third-order valence-electron chi connectivity index (χ3n) is 6.86. The first-order valence-corrected chi connectivity index (χ1v) is 12.7. The number of benzene rings is 3. The molecule has 1 amide bonds. The monoisotopic (exact) mass is 523 g/mol. The van der Waals surface area contributed by atoms with E-state index in [0.717, 1.165) is 11.1 Å². The summed E-state index contributed by atoms with van der Waals surface area (Å²) in [5.74, 6) is -0.687. The molecular weight excluding hydrogens is 497 g/mol. The lowest BCUT2D eigenvalue weighted by Gasteiger charge is -2.44. The zero-order valence-corrected chi connectivity index (χ0v) is 21.1. The van der Waals surface area contributed by atoms with E-state index in [2.05, 4.69) is 0 Å². The highest BCUT2D eigenvalue weighted by Gasteiger charge is 2.38. The number of halogens is 1. The molecule has 4 aromatic rings. The number of nitrogens with zero attached hydrogens (tertiary/aromatic N) is 3. The van der Waals surface area contributed by atoms with Gasteiger partial charge in [0.25, 0.3) is 5.91 Å². The molecule has 0 aliphatic carbocycles. The van der Waals surface area contributed by atoms with Crippen LogP contribution in [0.5, 0.6) is 11.5 Å². The summed E-state index contributed by atoms with van der Waals surface area (Å²) >= 11 is 0. The zero-order chi connectivity index (χ0) is 26.8. The predicted molar refractivity (Wildman–Crippen MR) is 145 cm³/mol. The topological polar surface area (TPSA) is 64.0 Å². The van der Waals surface area contributed by atoms with E-state index >= 15 is 4.39 Å². The van der Waals surface area contributed by atoms with Gasteiger partial charge in [-0.15, -0.1) is 0 Å². The second kappa shape index (κ2) is 10.5. The standard InChI is InChI=1S/C31H26FN3O4/c32-25-15-9-14-24-27(23-12-5-2-6-13-23)35-21-33(17-7-8-19-38-29(24)25)31(37)28-30(26(36)16-18-34(28)35)39-20-22-10-3-1-4-11-22/h1-16,18,27H,17,19-21H2/b8-7+/t27-/m1/s1. The van der Waals surface area contributed by atoms with Gasteiger partial charge in [0.2, 0.25) is 5.43 Å². The van der Waals surface area contributed by atoms with Crippen LogP contribution >= 0.6 is 0 Å². The Kier molecular flexibility index (Phi) is 6.59. The van der Waals surface area contributed by atoms with Crippen LogP contribution in [0.3, 0.4) is 0 Å². The minimum Gasteiger partial charge on any atom is -0.486 e. The maximum atomic E-state index is 15.2. The van der Waals surface area contributed by atoms with Crippen molar-refractivity contribution in [3.05, 3.63) is 142 Å². The minimum atomic E-state index is -0.547. The SMILES string of the molecule is O=C1c2c(OCc3ccccc3)c(=O)ccn2N2CN1C/C=C/COc1c(F)cccc1[C@H]2c1ccccc1. The number of hydrogen-bond acceptors (Lipinski definition) is 5. The summed E-state index contributed by atoms with van der Waals surface area (Å²) in [5.41, 5.74) is 2.07. The minimum absolute atomic E-state index is 0.0255. The second-order valence-electron chi connectivity index (χ2n) is 9.34. The van der Waals surface area contributed by atoms with E-state index in [4.69, 9.17) is 9.47 Å². The molecule has 2 aliphatic heterocycles. The van der Waals surface area contributed by atoms with E-state index in [0.29, 0.717) is 5.56 Å². The van der Waals surface area contributed by atoms with Gasteiger partial charge in [-0.25, -0.2) is 4.39 Å².